The Hall–Kier alpha value is -0.0800. The molecule has 0 spiro atoms. The molecule has 0 aromatic heterocycles. The standard InChI is InChI=1S/C13H29NO/c1-10(2)8-14(12(5)6)9-13(7,15)11(3)4/h10-12,15H,8-9H2,1-7H3. The van der Waals surface area contributed by atoms with Crippen LogP contribution in [0.4, 0.5) is 0 Å². The van der Waals surface area contributed by atoms with Gasteiger partial charge in [-0.25, -0.2) is 0 Å². The third kappa shape index (κ3) is 5.53. The molecule has 0 saturated heterocycles. The van der Waals surface area contributed by atoms with Gasteiger partial charge in [0.05, 0.1) is 5.60 Å². The molecular formula is C13H29NO. The summed E-state index contributed by atoms with van der Waals surface area (Å²) in [5.41, 5.74) is -0.584. The fraction of sp³-hybridized carbons (Fsp3) is 1.00. The van der Waals surface area contributed by atoms with Crippen LogP contribution >= 0.6 is 0 Å². The van der Waals surface area contributed by atoms with Gasteiger partial charge >= 0.3 is 0 Å². The van der Waals surface area contributed by atoms with Crippen molar-refractivity contribution in [3.63, 3.8) is 0 Å². The van der Waals surface area contributed by atoms with Crippen LogP contribution < -0.4 is 0 Å². The van der Waals surface area contributed by atoms with Crippen molar-refractivity contribution >= 4 is 0 Å². The molecule has 0 aromatic carbocycles. The lowest BCUT2D eigenvalue weighted by molar-refractivity contribution is -0.0285. The van der Waals surface area contributed by atoms with Crippen molar-refractivity contribution in [3.8, 4) is 0 Å². The normalized spacial score (nSPS) is 16.8. The van der Waals surface area contributed by atoms with E-state index in [1.54, 1.807) is 0 Å². The number of hydrogen-bond donors (Lipinski definition) is 1. The van der Waals surface area contributed by atoms with Crippen LogP contribution in [-0.4, -0.2) is 34.7 Å². The van der Waals surface area contributed by atoms with Gasteiger partial charge in [0.25, 0.3) is 0 Å². The molecule has 2 nitrogen and oxygen atoms in total. The summed E-state index contributed by atoms with van der Waals surface area (Å²) in [6, 6.07) is 0.498. The molecule has 2 heteroatoms. The quantitative estimate of drug-likeness (QED) is 0.736. The van der Waals surface area contributed by atoms with Crippen LogP contribution in [0.3, 0.4) is 0 Å². The Morgan fingerprint density at radius 2 is 1.53 bits per heavy atom. The van der Waals surface area contributed by atoms with Crippen molar-refractivity contribution in [1.82, 2.24) is 4.90 Å². The summed E-state index contributed by atoms with van der Waals surface area (Å²) in [5.74, 6) is 0.946. The Morgan fingerprint density at radius 3 is 1.80 bits per heavy atom. The Balaban J connectivity index is 4.40. The third-order valence-electron chi connectivity index (χ3n) is 3.10. The van der Waals surface area contributed by atoms with E-state index in [0.717, 1.165) is 13.1 Å². The van der Waals surface area contributed by atoms with Crippen LogP contribution in [0.2, 0.25) is 0 Å². The highest BCUT2D eigenvalue weighted by Crippen LogP contribution is 2.19. The lowest BCUT2D eigenvalue weighted by atomic mass is 9.91. The molecule has 15 heavy (non-hydrogen) atoms. The zero-order valence-electron chi connectivity index (χ0n) is 11.5. The molecule has 0 saturated carbocycles. The number of aliphatic hydroxyl groups is 1. The second-order valence-corrected chi connectivity index (χ2v) is 5.93. The van der Waals surface area contributed by atoms with E-state index in [9.17, 15) is 5.11 Å². The van der Waals surface area contributed by atoms with Crippen molar-refractivity contribution in [2.45, 2.75) is 60.1 Å². The molecule has 0 heterocycles. The smallest absolute Gasteiger partial charge is 0.0768 e. The number of rotatable bonds is 6. The predicted molar refractivity (Wildman–Crippen MR) is 67.0 cm³/mol. The van der Waals surface area contributed by atoms with Crippen LogP contribution in [0.15, 0.2) is 0 Å². The number of hydrogen-bond acceptors (Lipinski definition) is 2. The van der Waals surface area contributed by atoms with E-state index in [1.807, 2.05) is 6.92 Å². The van der Waals surface area contributed by atoms with Crippen molar-refractivity contribution < 1.29 is 5.11 Å². The summed E-state index contributed by atoms with van der Waals surface area (Å²) in [4.78, 5) is 2.37. The first kappa shape index (κ1) is 14.9. The maximum absolute atomic E-state index is 10.3. The average molecular weight is 215 g/mol. The first-order valence-corrected chi connectivity index (χ1v) is 6.13. The van der Waals surface area contributed by atoms with E-state index in [1.165, 1.54) is 0 Å². The second-order valence-electron chi connectivity index (χ2n) is 5.93. The fourth-order valence-corrected chi connectivity index (χ4v) is 1.52. The van der Waals surface area contributed by atoms with Crippen molar-refractivity contribution in [2.24, 2.45) is 11.8 Å². The maximum Gasteiger partial charge on any atom is 0.0768 e. The highest BCUT2D eigenvalue weighted by Gasteiger charge is 2.28. The summed E-state index contributed by atoms with van der Waals surface area (Å²) in [6.07, 6.45) is 0. The van der Waals surface area contributed by atoms with Gasteiger partial charge < -0.3 is 5.11 Å². The molecule has 0 aliphatic rings. The summed E-state index contributed by atoms with van der Waals surface area (Å²) < 4.78 is 0. The van der Waals surface area contributed by atoms with E-state index in [2.05, 4.69) is 46.4 Å². The molecule has 0 amide bonds. The predicted octanol–water partition coefficient (Wildman–Crippen LogP) is 2.76. The lowest BCUT2D eigenvalue weighted by Crippen LogP contribution is -2.48. The van der Waals surface area contributed by atoms with E-state index in [0.29, 0.717) is 17.9 Å². The van der Waals surface area contributed by atoms with Crippen LogP contribution in [0.1, 0.15) is 48.5 Å². The molecule has 1 N–H and O–H groups in total. The van der Waals surface area contributed by atoms with Crippen LogP contribution in [0.25, 0.3) is 0 Å². The lowest BCUT2D eigenvalue weighted by Gasteiger charge is -2.37. The Morgan fingerprint density at radius 1 is 1.07 bits per heavy atom. The summed E-state index contributed by atoms with van der Waals surface area (Å²) in [5, 5.41) is 10.3. The first-order valence-electron chi connectivity index (χ1n) is 6.13. The van der Waals surface area contributed by atoms with E-state index < -0.39 is 5.60 Å². The van der Waals surface area contributed by atoms with Gasteiger partial charge in [-0.2, -0.15) is 0 Å². The van der Waals surface area contributed by atoms with Gasteiger partial charge in [0, 0.05) is 19.1 Å². The van der Waals surface area contributed by atoms with Gasteiger partial charge in [-0.15, -0.1) is 0 Å². The molecule has 0 aliphatic heterocycles. The zero-order valence-corrected chi connectivity index (χ0v) is 11.5. The Kier molecular flexibility index (Phi) is 5.82. The Labute approximate surface area is 95.7 Å². The molecule has 0 radical (unpaired) electrons. The fourth-order valence-electron chi connectivity index (χ4n) is 1.52. The van der Waals surface area contributed by atoms with E-state index >= 15 is 0 Å². The summed E-state index contributed by atoms with van der Waals surface area (Å²) >= 11 is 0. The molecular weight excluding hydrogens is 186 g/mol. The first-order chi connectivity index (χ1) is 6.66. The van der Waals surface area contributed by atoms with Crippen LogP contribution in [0, 0.1) is 11.8 Å². The Bertz CT molecular complexity index is 173. The van der Waals surface area contributed by atoms with Gasteiger partial charge in [-0.1, -0.05) is 27.7 Å². The highest BCUT2D eigenvalue weighted by atomic mass is 16.3. The van der Waals surface area contributed by atoms with E-state index in [-0.39, 0.29) is 0 Å². The zero-order chi connectivity index (χ0) is 12.2. The van der Waals surface area contributed by atoms with Crippen molar-refractivity contribution in [3.05, 3.63) is 0 Å². The minimum atomic E-state index is -0.584. The van der Waals surface area contributed by atoms with Crippen molar-refractivity contribution in [1.29, 1.82) is 0 Å². The molecule has 0 fully saturated rings. The van der Waals surface area contributed by atoms with E-state index in [4.69, 9.17) is 0 Å². The van der Waals surface area contributed by atoms with Gasteiger partial charge in [0.15, 0.2) is 0 Å². The SMILES string of the molecule is CC(C)CN(CC(C)(O)C(C)C)C(C)C. The molecule has 0 bridgehead atoms. The largest absolute Gasteiger partial charge is 0.389 e. The third-order valence-corrected chi connectivity index (χ3v) is 3.10. The van der Waals surface area contributed by atoms with Gasteiger partial charge in [0.2, 0.25) is 0 Å². The minimum absolute atomic E-state index is 0.297. The van der Waals surface area contributed by atoms with Crippen LogP contribution in [0.5, 0.6) is 0 Å². The molecule has 1 atom stereocenters. The van der Waals surface area contributed by atoms with Crippen LogP contribution in [-0.2, 0) is 0 Å². The summed E-state index contributed by atoms with van der Waals surface area (Å²) in [6.45, 7) is 16.7. The molecule has 0 rings (SSSR count). The molecule has 0 aromatic rings. The highest BCUT2D eigenvalue weighted by molar-refractivity contribution is 4.82. The summed E-state index contributed by atoms with van der Waals surface area (Å²) in [7, 11) is 0. The minimum Gasteiger partial charge on any atom is -0.389 e. The van der Waals surface area contributed by atoms with Gasteiger partial charge in [-0.3, -0.25) is 4.90 Å². The maximum atomic E-state index is 10.3. The van der Waals surface area contributed by atoms with Gasteiger partial charge in [-0.05, 0) is 32.6 Å². The average Bonchev–Trinajstić information content (AvgIpc) is 2.01. The number of nitrogens with zero attached hydrogens (tertiary/aromatic N) is 1. The molecule has 0 aliphatic carbocycles. The topological polar surface area (TPSA) is 23.5 Å². The molecule has 1 unspecified atom stereocenters. The van der Waals surface area contributed by atoms with Crippen molar-refractivity contribution in [2.75, 3.05) is 13.1 Å². The second kappa shape index (κ2) is 5.86. The molecule has 92 valence electrons. The van der Waals surface area contributed by atoms with Gasteiger partial charge in [0.1, 0.15) is 0 Å². The monoisotopic (exact) mass is 215 g/mol.